The Kier molecular flexibility index (Phi) is 5.36. The maximum absolute atomic E-state index is 4.33. The second kappa shape index (κ2) is 7.25. The van der Waals surface area contributed by atoms with Crippen molar-refractivity contribution < 1.29 is 0 Å². The molecule has 1 aromatic carbocycles. The Morgan fingerprint density at radius 1 is 1.15 bits per heavy atom. The molecule has 0 radical (unpaired) electrons. The molecular formula is C17H25N3. The van der Waals surface area contributed by atoms with Crippen LogP contribution in [0.25, 0.3) is 0 Å². The summed E-state index contributed by atoms with van der Waals surface area (Å²) in [6.07, 6.45) is 5.86. The third kappa shape index (κ3) is 4.20. The minimum atomic E-state index is 0.292. The Bertz CT molecular complexity index is 485. The van der Waals surface area contributed by atoms with Gasteiger partial charge in [0.1, 0.15) is 5.82 Å². The smallest absolute Gasteiger partial charge is 0.123 e. The van der Waals surface area contributed by atoms with Crippen molar-refractivity contribution in [2.75, 3.05) is 0 Å². The lowest BCUT2D eigenvalue weighted by Gasteiger charge is -2.15. The van der Waals surface area contributed by atoms with E-state index in [9.17, 15) is 0 Å². The zero-order valence-corrected chi connectivity index (χ0v) is 12.7. The Labute approximate surface area is 121 Å². The van der Waals surface area contributed by atoms with Crippen LogP contribution in [0, 0.1) is 5.92 Å². The maximum atomic E-state index is 4.33. The zero-order valence-electron chi connectivity index (χ0n) is 12.7. The normalized spacial score (nSPS) is 12.8. The summed E-state index contributed by atoms with van der Waals surface area (Å²) in [5.41, 5.74) is 2.74. The monoisotopic (exact) mass is 271 g/mol. The molecule has 108 valence electrons. The fourth-order valence-corrected chi connectivity index (χ4v) is 2.41. The molecule has 2 rings (SSSR count). The summed E-state index contributed by atoms with van der Waals surface area (Å²) in [6.45, 7) is 7.56. The van der Waals surface area contributed by atoms with Crippen LogP contribution in [0.2, 0.25) is 0 Å². The van der Waals surface area contributed by atoms with E-state index >= 15 is 0 Å². The quantitative estimate of drug-likeness (QED) is 0.803. The predicted molar refractivity (Wildman–Crippen MR) is 83.4 cm³/mol. The fourth-order valence-electron chi connectivity index (χ4n) is 2.41. The molecule has 1 unspecified atom stereocenters. The van der Waals surface area contributed by atoms with Crippen LogP contribution in [0.3, 0.4) is 0 Å². The largest absolute Gasteiger partial charge is 0.347 e. The van der Waals surface area contributed by atoms with E-state index in [1.165, 1.54) is 11.1 Å². The van der Waals surface area contributed by atoms with Gasteiger partial charge in [0.15, 0.2) is 0 Å². The third-order valence-electron chi connectivity index (χ3n) is 3.48. The number of nitrogens with one attached hydrogen (secondary N) is 2. The van der Waals surface area contributed by atoms with Gasteiger partial charge in [-0.25, -0.2) is 4.98 Å². The molecular weight excluding hydrogens is 246 g/mol. The summed E-state index contributed by atoms with van der Waals surface area (Å²) in [7, 11) is 0. The first-order valence-corrected chi connectivity index (χ1v) is 7.49. The highest BCUT2D eigenvalue weighted by Gasteiger charge is 2.10. The van der Waals surface area contributed by atoms with Gasteiger partial charge in [-0.2, -0.15) is 0 Å². The van der Waals surface area contributed by atoms with Gasteiger partial charge in [0.25, 0.3) is 0 Å². The molecule has 0 aliphatic heterocycles. The maximum Gasteiger partial charge on any atom is 0.123 e. The first kappa shape index (κ1) is 14.8. The van der Waals surface area contributed by atoms with E-state index in [2.05, 4.69) is 60.3 Å². The van der Waals surface area contributed by atoms with Crippen molar-refractivity contribution in [2.45, 2.75) is 46.2 Å². The molecule has 3 nitrogen and oxygen atoms in total. The summed E-state index contributed by atoms with van der Waals surface area (Å²) in [5.74, 6) is 1.73. The average Bonchev–Trinajstić information content (AvgIpc) is 2.95. The topological polar surface area (TPSA) is 40.7 Å². The highest BCUT2D eigenvalue weighted by Crippen LogP contribution is 2.14. The van der Waals surface area contributed by atoms with Crippen LogP contribution in [0.1, 0.15) is 50.2 Å². The fraction of sp³-hybridized carbons (Fsp3) is 0.471. The predicted octanol–water partition coefficient (Wildman–Crippen LogP) is 3.85. The molecule has 2 aromatic rings. The first-order valence-electron chi connectivity index (χ1n) is 7.49. The van der Waals surface area contributed by atoms with Gasteiger partial charge in [-0.1, -0.05) is 45.0 Å². The standard InChI is InChI=1S/C17H25N3/c1-4-16(17-18-9-10-19-17)20-12-15-7-5-14(6-8-15)11-13(2)3/h5-10,13,16,20H,4,11-12H2,1-3H3,(H,18,19). The molecule has 20 heavy (non-hydrogen) atoms. The molecule has 1 heterocycles. The van der Waals surface area contributed by atoms with Gasteiger partial charge in [0.05, 0.1) is 6.04 Å². The van der Waals surface area contributed by atoms with Gasteiger partial charge in [-0.15, -0.1) is 0 Å². The van der Waals surface area contributed by atoms with Gasteiger partial charge >= 0.3 is 0 Å². The van der Waals surface area contributed by atoms with E-state index in [0.29, 0.717) is 12.0 Å². The summed E-state index contributed by atoms with van der Waals surface area (Å²) in [5, 5.41) is 3.55. The van der Waals surface area contributed by atoms with E-state index in [1.54, 1.807) is 6.20 Å². The second-order valence-corrected chi connectivity index (χ2v) is 5.73. The van der Waals surface area contributed by atoms with E-state index in [1.807, 2.05) is 6.20 Å². The van der Waals surface area contributed by atoms with Crippen molar-refractivity contribution in [3.05, 3.63) is 53.6 Å². The van der Waals surface area contributed by atoms with Crippen molar-refractivity contribution in [1.29, 1.82) is 0 Å². The molecule has 0 aliphatic carbocycles. The van der Waals surface area contributed by atoms with Gasteiger partial charge in [0.2, 0.25) is 0 Å². The molecule has 0 saturated heterocycles. The van der Waals surface area contributed by atoms with Gasteiger partial charge in [-0.05, 0) is 29.9 Å². The number of hydrogen-bond donors (Lipinski definition) is 2. The van der Waals surface area contributed by atoms with Gasteiger partial charge in [-0.3, -0.25) is 0 Å². The Morgan fingerprint density at radius 3 is 2.40 bits per heavy atom. The molecule has 0 saturated carbocycles. The second-order valence-electron chi connectivity index (χ2n) is 5.73. The SMILES string of the molecule is CCC(NCc1ccc(CC(C)C)cc1)c1ncc[nH]1. The molecule has 0 aliphatic rings. The number of hydrogen-bond acceptors (Lipinski definition) is 2. The van der Waals surface area contributed by atoms with E-state index in [0.717, 1.165) is 25.2 Å². The minimum absolute atomic E-state index is 0.292. The molecule has 2 N–H and O–H groups in total. The third-order valence-corrected chi connectivity index (χ3v) is 3.48. The number of nitrogens with zero attached hydrogens (tertiary/aromatic N) is 1. The van der Waals surface area contributed by atoms with Crippen LogP contribution in [0.4, 0.5) is 0 Å². The molecule has 1 atom stereocenters. The Hall–Kier alpha value is -1.61. The van der Waals surface area contributed by atoms with E-state index < -0.39 is 0 Å². The zero-order chi connectivity index (χ0) is 14.4. The van der Waals surface area contributed by atoms with Crippen molar-refractivity contribution in [1.82, 2.24) is 15.3 Å². The average molecular weight is 271 g/mol. The number of aromatic nitrogens is 2. The van der Waals surface area contributed by atoms with Gasteiger partial charge < -0.3 is 10.3 Å². The Balaban J connectivity index is 1.90. The molecule has 3 heteroatoms. The highest BCUT2D eigenvalue weighted by molar-refractivity contribution is 5.23. The Morgan fingerprint density at radius 2 is 1.85 bits per heavy atom. The minimum Gasteiger partial charge on any atom is -0.347 e. The van der Waals surface area contributed by atoms with Gasteiger partial charge in [0, 0.05) is 18.9 Å². The van der Waals surface area contributed by atoms with E-state index in [4.69, 9.17) is 0 Å². The summed E-state index contributed by atoms with van der Waals surface area (Å²) in [6, 6.07) is 9.22. The molecule has 0 amide bonds. The lowest BCUT2D eigenvalue weighted by Crippen LogP contribution is -2.21. The summed E-state index contributed by atoms with van der Waals surface area (Å²) in [4.78, 5) is 7.51. The molecule has 1 aromatic heterocycles. The van der Waals surface area contributed by atoms with Crippen molar-refractivity contribution >= 4 is 0 Å². The van der Waals surface area contributed by atoms with Crippen molar-refractivity contribution in [3.8, 4) is 0 Å². The number of imidazole rings is 1. The summed E-state index contributed by atoms with van der Waals surface area (Å²) < 4.78 is 0. The van der Waals surface area contributed by atoms with Crippen LogP contribution < -0.4 is 5.32 Å². The lowest BCUT2D eigenvalue weighted by molar-refractivity contribution is 0.498. The van der Waals surface area contributed by atoms with Crippen LogP contribution in [0.15, 0.2) is 36.7 Å². The van der Waals surface area contributed by atoms with Crippen LogP contribution in [-0.4, -0.2) is 9.97 Å². The number of H-pyrrole nitrogens is 1. The number of aromatic amines is 1. The lowest BCUT2D eigenvalue weighted by atomic mass is 10.0. The molecule has 0 spiro atoms. The van der Waals surface area contributed by atoms with E-state index in [-0.39, 0.29) is 0 Å². The van der Waals surface area contributed by atoms with Crippen LogP contribution in [0.5, 0.6) is 0 Å². The molecule has 0 bridgehead atoms. The molecule has 0 fully saturated rings. The van der Waals surface area contributed by atoms with Crippen molar-refractivity contribution in [2.24, 2.45) is 5.92 Å². The summed E-state index contributed by atoms with van der Waals surface area (Å²) >= 11 is 0. The first-order chi connectivity index (χ1) is 9.69. The van der Waals surface area contributed by atoms with Crippen molar-refractivity contribution in [3.63, 3.8) is 0 Å². The number of benzene rings is 1. The van der Waals surface area contributed by atoms with Crippen LogP contribution >= 0.6 is 0 Å². The number of rotatable bonds is 7. The van der Waals surface area contributed by atoms with Crippen LogP contribution in [-0.2, 0) is 13.0 Å². The highest BCUT2D eigenvalue weighted by atomic mass is 15.0.